The van der Waals surface area contributed by atoms with Crippen LogP contribution in [-0.2, 0) is 65.4 Å². The Morgan fingerprint density at radius 2 is 0.520 bits per heavy atom. The quantitative estimate of drug-likeness (QED) is 0.0169. The van der Waals surface area contributed by atoms with Gasteiger partial charge in [-0.05, 0) is 116 Å². The van der Waals surface area contributed by atoms with E-state index in [0.29, 0.717) is 25.7 Å². The molecule has 0 saturated carbocycles. The number of allylic oxidation sites excluding steroid dienone is 12. The molecule has 5 atom stereocenters. The predicted molar refractivity (Wildman–Crippen MR) is 409 cm³/mol. The fraction of sp³-hybridized carbons (Fsp3) is 0.802. The molecule has 100 heavy (non-hydrogen) atoms. The molecule has 17 nitrogen and oxygen atoms in total. The van der Waals surface area contributed by atoms with Crippen molar-refractivity contribution in [1.82, 2.24) is 0 Å². The molecular formula is C81H146O17P2. The van der Waals surface area contributed by atoms with E-state index in [1.54, 1.807) is 0 Å². The van der Waals surface area contributed by atoms with Gasteiger partial charge in [0.15, 0.2) is 12.2 Å². The van der Waals surface area contributed by atoms with Gasteiger partial charge >= 0.3 is 39.5 Å². The van der Waals surface area contributed by atoms with Crippen molar-refractivity contribution in [3.05, 3.63) is 72.9 Å². The zero-order chi connectivity index (χ0) is 73.2. The van der Waals surface area contributed by atoms with Crippen molar-refractivity contribution >= 4 is 39.5 Å². The highest BCUT2D eigenvalue weighted by atomic mass is 31.2. The van der Waals surface area contributed by atoms with Crippen LogP contribution in [0, 0.1) is 0 Å². The molecular weight excluding hydrogens is 1310 g/mol. The molecule has 0 aromatic rings. The zero-order valence-electron chi connectivity index (χ0n) is 63.6. The van der Waals surface area contributed by atoms with E-state index in [2.05, 4.69) is 101 Å². The maximum Gasteiger partial charge on any atom is 0.472 e. The second-order valence-corrected chi connectivity index (χ2v) is 29.9. The lowest BCUT2D eigenvalue weighted by Crippen LogP contribution is -2.30. The summed E-state index contributed by atoms with van der Waals surface area (Å²) in [4.78, 5) is 73.0. The Morgan fingerprint density at radius 1 is 0.290 bits per heavy atom. The molecule has 0 aromatic heterocycles. The number of unbranched alkanes of at least 4 members (excludes halogenated alkanes) is 38. The fourth-order valence-corrected chi connectivity index (χ4v) is 12.6. The number of carbonyl (C=O) groups is 4. The molecule has 5 unspecified atom stereocenters. The van der Waals surface area contributed by atoms with Crippen molar-refractivity contribution in [2.45, 2.75) is 380 Å². The molecule has 19 heteroatoms. The number of aliphatic hydroxyl groups excluding tert-OH is 1. The maximum absolute atomic E-state index is 13.1. The van der Waals surface area contributed by atoms with Gasteiger partial charge in [-0.1, -0.05) is 293 Å². The molecule has 0 radical (unpaired) electrons. The van der Waals surface area contributed by atoms with Crippen molar-refractivity contribution in [2.75, 3.05) is 39.6 Å². The van der Waals surface area contributed by atoms with Gasteiger partial charge in [-0.2, -0.15) is 0 Å². The van der Waals surface area contributed by atoms with Gasteiger partial charge in [0, 0.05) is 25.7 Å². The number of rotatable bonds is 76. The van der Waals surface area contributed by atoms with Gasteiger partial charge < -0.3 is 33.8 Å². The monoisotopic (exact) mass is 1450 g/mol. The predicted octanol–water partition coefficient (Wildman–Crippen LogP) is 23.2. The van der Waals surface area contributed by atoms with Gasteiger partial charge in [-0.25, -0.2) is 9.13 Å². The molecule has 0 aliphatic rings. The van der Waals surface area contributed by atoms with Gasteiger partial charge in [0.05, 0.1) is 26.4 Å². The molecule has 0 saturated heterocycles. The second kappa shape index (κ2) is 73.8. The first-order chi connectivity index (χ1) is 48.7. The summed E-state index contributed by atoms with van der Waals surface area (Å²) in [5.41, 5.74) is 0. The summed E-state index contributed by atoms with van der Waals surface area (Å²) in [7, 11) is -9.96. The standard InChI is InChI=1S/C81H146O17P2/c1-5-9-13-17-21-25-29-33-37-41-45-49-53-57-61-65-78(83)91-71-76(97-80(85)67-63-59-55-51-47-43-39-35-31-27-23-19-15-11-7-3)73-95-99(87,88)93-69-75(82)70-94-100(89,90)96-74-77(98-81(86)68-64-60-56-52-48-44-40-36-32-28-24-20-16-12-8-4)72-92-79(84)66-62-58-54-50-46-42-38-34-30-26-22-18-14-10-6-2/h9,13,21,25,33-35,37-39,45,49,75-77,82H,5-8,10-12,14-20,22-24,26-32,36,40-44,46-48,50-74H2,1-4H3,(H,87,88)(H,89,90)/b13-9-,25-21-,37-33-,38-34-,39-35-,49-45-. The Bertz CT molecular complexity index is 2180. The third-order valence-electron chi connectivity index (χ3n) is 17.2. The van der Waals surface area contributed by atoms with E-state index in [4.69, 9.17) is 37.0 Å². The summed E-state index contributed by atoms with van der Waals surface area (Å²) < 4.78 is 68.6. The molecule has 0 rings (SSSR count). The average molecular weight is 1450 g/mol. The molecule has 3 N–H and O–H groups in total. The Kier molecular flexibility index (Phi) is 71.2. The number of aliphatic hydroxyl groups is 1. The molecule has 0 amide bonds. The van der Waals surface area contributed by atoms with Crippen molar-refractivity contribution < 1.29 is 80.2 Å². The van der Waals surface area contributed by atoms with Gasteiger partial charge in [0.2, 0.25) is 0 Å². The van der Waals surface area contributed by atoms with Crippen LogP contribution in [0.4, 0.5) is 0 Å². The van der Waals surface area contributed by atoms with E-state index in [9.17, 15) is 43.2 Å². The SMILES string of the molecule is CC/C=C\C/C=C\C/C=C\C/C=C\CCCCC(=O)OCC(COP(=O)(O)OCC(O)COP(=O)(O)OCC(COC(=O)CCCCCCC/C=C\CCCCCCCC)OC(=O)CCCCCCCCCCCCCCCCC)OC(=O)CCCCCCC/C=C\CCCCCCCC. The van der Waals surface area contributed by atoms with Gasteiger partial charge in [-0.3, -0.25) is 37.3 Å². The minimum absolute atomic E-state index is 0.0783. The van der Waals surface area contributed by atoms with E-state index in [-0.39, 0.29) is 25.7 Å². The molecule has 0 aliphatic carbocycles. The number of hydrogen-bond donors (Lipinski definition) is 3. The van der Waals surface area contributed by atoms with Crippen LogP contribution in [0.3, 0.4) is 0 Å². The first-order valence-electron chi connectivity index (χ1n) is 40.2. The Labute approximate surface area is 609 Å². The topological polar surface area (TPSA) is 237 Å². The zero-order valence-corrected chi connectivity index (χ0v) is 65.4. The Balaban J connectivity index is 5.37. The van der Waals surface area contributed by atoms with Gasteiger partial charge in [-0.15, -0.1) is 0 Å². The summed E-state index contributed by atoms with van der Waals surface area (Å²) in [6.45, 7) is 4.75. The van der Waals surface area contributed by atoms with E-state index >= 15 is 0 Å². The molecule has 0 heterocycles. The van der Waals surface area contributed by atoms with E-state index in [1.807, 2.05) is 0 Å². The molecule has 0 aromatic carbocycles. The lowest BCUT2D eigenvalue weighted by Gasteiger charge is -2.21. The number of esters is 4. The highest BCUT2D eigenvalue weighted by Crippen LogP contribution is 2.45. The van der Waals surface area contributed by atoms with Crippen LogP contribution in [0.15, 0.2) is 72.9 Å². The minimum Gasteiger partial charge on any atom is -0.462 e. The van der Waals surface area contributed by atoms with Crippen LogP contribution >= 0.6 is 15.6 Å². The van der Waals surface area contributed by atoms with Crippen molar-refractivity contribution in [2.24, 2.45) is 0 Å². The number of hydrogen-bond acceptors (Lipinski definition) is 15. The molecule has 0 aliphatic heterocycles. The molecule has 582 valence electrons. The van der Waals surface area contributed by atoms with E-state index in [1.165, 1.54) is 141 Å². The largest absolute Gasteiger partial charge is 0.472 e. The van der Waals surface area contributed by atoms with E-state index in [0.717, 1.165) is 141 Å². The van der Waals surface area contributed by atoms with Crippen molar-refractivity contribution in [1.29, 1.82) is 0 Å². The van der Waals surface area contributed by atoms with Crippen LogP contribution in [-0.4, -0.2) is 96.7 Å². The first-order valence-corrected chi connectivity index (χ1v) is 43.2. The Hall–Kier alpha value is -3.50. The summed E-state index contributed by atoms with van der Waals surface area (Å²) in [6, 6.07) is 0. The molecule has 0 spiro atoms. The molecule has 0 fully saturated rings. The van der Waals surface area contributed by atoms with Crippen molar-refractivity contribution in [3.8, 4) is 0 Å². The van der Waals surface area contributed by atoms with Crippen LogP contribution in [0.5, 0.6) is 0 Å². The van der Waals surface area contributed by atoms with Crippen LogP contribution in [0.25, 0.3) is 0 Å². The van der Waals surface area contributed by atoms with Crippen LogP contribution < -0.4 is 0 Å². The lowest BCUT2D eigenvalue weighted by atomic mass is 10.0. The number of phosphoric ester groups is 2. The maximum atomic E-state index is 13.1. The van der Waals surface area contributed by atoms with Crippen LogP contribution in [0.2, 0.25) is 0 Å². The average Bonchev–Trinajstić information content (AvgIpc) is 1.01. The van der Waals surface area contributed by atoms with Crippen LogP contribution in [0.1, 0.15) is 362 Å². The Morgan fingerprint density at radius 3 is 0.830 bits per heavy atom. The number of ether oxygens (including phenoxy) is 4. The lowest BCUT2D eigenvalue weighted by molar-refractivity contribution is -0.161. The summed E-state index contributed by atoms with van der Waals surface area (Å²) in [6.07, 6.45) is 74.5. The number of phosphoric acid groups is 2. The number of carbonyl (C=O) groups excluding carboxylic acids is 4. The summed E-state index contributed by atoms with van der Waals surface area (Å²) in [5, 5.41) is 10.6. The normalized spacial score (nSPS) is 14.3. The van der Waals surface area contributed by atoms with E-state index < -0.39 is 97.5 Å². The minimum atomic E-state index is -4.98. The fourth-order valence-electron chi connectivity index (χ4n) is 11.0. The van der Waals surface area contributed by atoms with Gasteiger partial charge in [0.1, 0.15) is 19.3 Å². The first kappa shape index (κ1) is 96.5. The smallest absolute Gasteiger partial charge is 0.462 e. The molecule has 0 bridgehead atoms. The van der Waals surface area contributed by atoms with Gasteiger partial charge in [0.25, 0.3) is 0 Å². The highest BCUT2D eigenvalue weighted by molar-refractivity contribution is 7.47. The summed E-state index contributed by atoms with van der Waals surface area (Å²) >= 11 is 0. The highest BCUT2D eigenvalue weighted by Gasteiger charge is 2.30. The third kappa shape index (κ3) is 72.8. The summed E-state index contributed by atoms with van der Waals surface area (Å²) in [5.74, 6) is -2.21. The third-order valence-corrected chi connectivity index (χ3v) is 19.1. The van der Waals surface area contributed by atoms with Crippen molar-refractivity contribution in [3.63, 3.8) is 0 Å². The second-order valence-electron chi connectivity index (χ2n) is 27.0.